The van der Waals surface area contributed by atoms with E-state index in [0.29, 0.717) is 23.0 Å². The first-order valence-electron chi connectivity index (χ1n) is 9.68. The minimum absolute atomic E-state index is 0.581. The zero-order valence-corrected chi connectivity index (χ0v) is 17.9. The second-order valence-corrected chi connectivity index (χ2v) is 6.93. The van der Waals surface area contributed by atoms with E-state index in [4.69, 9.17) is 28.7 Å². The number of benzene rings is 3. The van der Waals surface area contributed by atoms with E-state index in [1.807, 2.05) is 24.3 Å². The second-order valence-electron chi connectivity index (χ2n) is 6.93. The average Bonchev–Trinajstić information content (AvgIpc) is 2.80. The molecule has 0 aliphatic carbocycles. The molecule has 156 valence electrons. The van der Waals surface area contributed by atoms with Gasteiger partial charge in [-0.05, 0) is 47.7 Å². The first-order valence-corrected chi connectivity index (χ1v) is 9.68. The largest absolute Gasteiger partial charge is 0.493 e. The Morgan fingerprint density at radius 1 is 0.700 bits per heavy atom. The third kappa shape index (κ3) is 3.18. The lowest BCUT2D eigenvalue weighted by atomic mass is 9.91. The number of ether oxygens (including phenoxy) is 5. The molecule has 0 unspecified atom stereocenters. The number of hydrogen-bond acceptors (Lipinski definition) is 6. The van der Waals surface area contributed by atoms with Crippen LogP contribution in [0.15, 0.2) is 41.4 Å². The van der Waals surface area contributed by atoms with Crippen molar-refractivity contribution in [1.82, 2.24) is 0 Å². The van der Waals surface area contributed by atoms with Crippen molar-refractivity contribution in [2.24, 2.45) is 4.99 Å². The smallest absolute Gasteiger partial charge is 0.203 e. The molecule has 3 aromatic rings. The van der Waals surface area contributed by atoms with Crippen LogP contribution in [-0.2, 0) is 6.42 Å². The van der Waals surface area contributed by atoms with Crippen LogP contribution in [0.25, 0.3) is 10.8 Å². The highest BCUT2D eigenvalue weighted by molar-refractivity contribution is 6.16. The molecule has 0 radical (unpaired) electrons. The Hall–Kier alpha value is -3.41. The fourth-order valence-electron chi connectivity index (χ4n) is 3.99. The Balaban J connectivity index is 1.88. The first-order chi connectivity index (χ1) is 14.6. The molecule has 0 saturated heterocycles. The SMILES string of the molecule is COc1cc2c(cc1OC)C(c1ccc3c(OC)c(OC)c(OC)cc3c1)=NCC2. The van der Waals surface area contributed by atoms with E-state index < -0.39 is 0 Å². The van der Waals surface area contributed by atoms with Gasteiger partial charge in [-0.3, -0.25) is 4.99 Å². The minimum Gasteiger partial charge on any atom is -0.493 e. The van der Waals surface area contributed by atoms with Crippen LogP contribution in [-0.4, -0.2) is 47.8 Å². The van der Waals surface area contributed by atoms with Gasteiger partial charge in [-0.1, -0.05) is 6.07 Å². The number of fused-ring (bicyclic) bond motifs is 2. The maximum Gasteiger partial charge on any atom is 0.203 e. The third-order valence-corrected chi connectivity index (χ3v) is 5.43. The molecule has 0 aromatic heterocycles. The molecule has 3 aromatic carbocycles. The molecule has 0 saturated carbocycles. The molecule has 4 rings (SSSR count). The van der Waals surface area contributed by atoms with E-state index in [0.717, 1.165) is 46.3 Å². The van der Waals surface area contributed by atoms with E-state index in [-0.39, 0.29) is 0 Å². The zero-order valence-electron chi connectivity index (χ0n) is 17.9. The van der Waals surface area contributed by atoms with E-state index in [9.17, 15) is 0 Å². The van der Waals surface area contributed by atoms with Crippen molar-refractivity contribution in [3.63, 3.8) is 0 Å². The second kappa shape index (κ2) is 8.14. The predicted octanol–water partition coefficient (Wildman–Crippen LogP) is 4.28. The van der Waals surface area contributed by atoms with Gasteiger partial charge in [0.15, 0.2) is 23.0 Å². The van der Waals surface area contributed by atoms with Crippen molar-refractivity contribution in [3.8, 4) is 28.7 Å². The average molecular weight is 407 g/mol. The van der Waals surface area contributed by atoms with Gasteiger partial charge in [0.25, 0.3) is 0 Å². The van der Waals surface area contributed by atoms with Crippen molar-refractivity contribution in [2.45, 2.75) is 6.42 Å². The van der Waals surface area contributed by atoms with Gasteiger partial charge in [0.1, 0.15) is 0 Å². The summed E-state index contributed by atoms with van der Waals surface area (Å²) in [5.74, 6) is 3.28. The van der Waals surface area contributed by atoms with Gasteiger partial charge in [0, 0.05) is 23.1 Å². The third-order valence-electron chi connectivity index (χ3n) is 5.43. The van der Waals surface area contributed by atoms with Gasteiger partial charge in [-0.2, -0.15) is 0 Å². The molecule has 0 spiro atoms. The van der Waals surface area contributed by atoms with Crippen molar-refractivity contribution in [2.75, 3.05) is 42.1 Å². The summed E-state index contributed by atoms with van der Waals surface area (Å²) in [5, 5.41) is 1.93. The first kappa shape index (κ1) is 19.9. The number of rotatable bonds is 6. The van der Waals surface area contributed by atoms with Crippen molar-refractivity contribution in [3.05, 3.63) is 53.1 Å². The summed E-state index contributed by atoms with van der Waals surface area (Å²) in [6.07, 6.45) is 0.867. The van der Waals surface area contributed by atoms with Crippen molar-refractivity contribution >= 4 is 16.5 Å². The normalized spacial score (nSPS) is 12.8. The van der Waals surface area contributed by atoms with Crippen molar-refractivity contribution in [1.29, 1.82) is 0 Å². The fraction of sp³-hybridized carbons (Fsp3) is 0.292. The Bertz CT molecular complexity index is 1140. The van der Waals surface area contributed by atoms with Crippen LogP contribution in [0, 0.1) is 0 Å². The molecule has 0 fully saturated rings. The molecule has 1 aliphatic heterocycles. The minimum atomic E-state index is 0.581. The van der Waals surface area contributed by atoms with Crippen LogP contribution in [0.2, 0.25) is 0 Å². The van der Waals surface area contributed by atoms with E-state index in [1.54, 1.807) is 35.5 Å². The van der Waals surface area contributed by atoms with Gasteiger partial charge >= 0.3 is 0 Å². The molecule has 6 nitrogen and oxygen atoms in total. The number of nitrogens with zero attached hydrogens (tertiary/aromatic N) is 1. The van der Waals surface area contributed by atoms with Gasteiger partial charge in [-0.15, -0.1) is 0 Å². The Kier molecular flexibility index (Phi) is 5.40. The quantitative estimate of drug-likeness (QED) is 0.611. The summed E-state index contributed by atoms with van der Waals surface area (Å²) in [4.78, 5) is 4.83. The van der Waals surface area contributed by atoms with Crippen LogP contribution >= 0.6 is 0 Å². The lowest BCUT2D eigenvalue weighted by Gasteiger charge is -2.21. The molecule has 1 aliphatic rings. The van der Waals surface area contributed by atoms with Gasteiger partial charge in [0.2, 0.25) is 5.75 Å². The molecule has 0 bridgehead atoms. The summed E-state index contributed by atoms with van der Waals surface area (Å²) in [6, 6.07) is 12.2. The molecule has 0 amide bonds. The van der Waals surface area contributed by atoms with E-state index in [2.05, 4.69) is 12.1 Å². The standard InChI is InChI=1S/C24H25NO5/c1-26-19-11-14-8-9-25-22(18(14)13-20(19)27-2)15-6-7-17-16(10-15)12-21(28-3)24(30-5)23(17)29-4/h6-7,10-13H,8-9H2,1-5H3. The zero-order chi connectivity index (χ0) is 21.3. The maximum atomic E-state index is 5.62. The molecule has 6 heteroatoms. The number of hydrogen-bond donors (Lipinski definition) is 0. The summed E-state index contributed by atoms with van der Waals surface area (Å²) in [7, 11) is 8.15. The number of methoxy groups -OCH3 is 5. The molecule has 0 N–H and O–H groups in total. The summed E-state index contributed by atoms with van der Waals surface area (Å²) in [5.41, 5.74) is 4.21. The van der Waals surface area contributed by atoms with E-state index in [1.165, 1.54) is 5.56 Å². The van der Waals surface area contributed by atoms with Gasteiger partial charge < -0.3 is 23.7 Å². The van der Waals surface area contributed by atoms with Crippen LogP contribution in [0.5, 0.6) is 28.7 Å². The summed E-state index contributed by atoms with van der Waals surface area (Å²) < 4.78 is 27.6. The van der Waals surface area contributed by atoms with Gasteiger partial charge in [-0.25, -0.2) is 0 Å². The Labute approximate surface area is 176 Å². The van der Waals surface area contributed by atoms with Crippen LogP contribution in [0.1, 0.15) is 16.7 Å². The van der Waals surface area contributed by atoms with Gasteiger partial charge in [0.05, 0.1) is 41.3 Å². The lowest BCUT2D eigenvalue weighted by Crippen LogP contribution is -2.15. The molecule has 30 heavy (non-hydrogen) atoms. The molecular weight excluding hydrogens is 382 g/mol. The summed E-state index contributed by atoms with van der Waals surface area (Å²) >= 11 is 0. The highest BCUT2D eigenvalue weighted by Gasteiger charge is 2.21. The molecular formula is C24H25NO5. The van der Waals surface area contributed by atoms with Crippen LogP contribution in [0.4, 0.5) is 0 Å². The van der Waals surface area contributed by atoms with E-state index >= 15 is 0 Å². The van der Waals surface area contributed by atoms with Crippen molar-refractivity contribution < 1.29 is 23.7 Å². The maximum absolute atomic E-state index is 5.62. The topological polar surface area (TPSA) is 58.5 Å². The Morgan fingerprint density at radius 3 is 2.07 bits per heavy atom. The fourth-order valence-corrected chi connectivity index (χ4v) is 3.99. The molecule has 1 heterocycles. The van der Waals surface area contributed by atoms with Crippen LogP contribution < -0.4 is 23.7 Å². The summed E-state index contributed by atoms with van der Waals surface area (Å²) in [6.45, 7) is 0.727. The molecule has 0 atom stereocenters. The number of aliphatic imine (C=N–C) groups is 1. The highest BCUT2D eigenvalue weighted by Crippen LogP contribution is 2.44. The Morgan fingerprint density at radius 2 is 1.40 bits per heavy atom. The highest BCUT2D eigenvalue weighted by atomic mass is 16.5. The monoisotopic (exact) mass is 407 g/mol. The lowest BCUT2D eigenvalue weighted by molar-refractivity contribution is 0.327. The van der Waals surface area contributed by atoms with Crippen LogP contribution in [0.3, 0.4) is 0 Å². The predicted molar refractivity (Wildman–Crippen MR) is 117 cm³/mol.